The first-order chi connectivity index (χ1) is 10.2. The first-order valence-corrected chi connectivity index (χ1v) is 9.15. The Hall–Kier alpha value is -0.740. The number of halogens is 2. The number of hydrogen-bond donors (Lipinski definition) is 2. The molecule has 0 atom stereocenters. The van der Waals surface area contributed by atoms with Crippen molar-refractivity contribution in [2.75, 3.05) is 19.6 Å². The fourth-order valence-electron chi connectivity index (χ4n) is 2.41. The van der Waals surface area contributed by atoms with E-state index in [4.69, 9.17) is 0 Å². The standard InChI is InChI=1S/C13H18BrN3O4S.ClH/c1-13(4-6-15-7-5-13)9-16-22(20,21)12-8-10(14)2-3-11(12)17(18)19;/h2-3,8,15-16H,4-7,9H2,1H3;1H. The zero-order valence-corrected chi connectivity index (χ0v) is 15.8. The smallest absolute Gasteiger partial charge is 0.289 e. The van der Waals surface area contributed by atoms with E-state index in [0.29, 0.717) is 4.47 Å². The first-order valence-electron chi connectivity index (χ1n) is 6.88. The van der Waals surface area contributed by atoms with Gasteiger partial charge in [-0.2, -0.15) is 0 Å². The number of nitro benzene ring substituents is 1. The summed E-state index contributed by atoms with van der Waals surface area (Å²) in [5, 5.41) is 14.3. The Morgan fingerprint density at radius 1 is 1.39 bits per heavy atom. The first kappa shape index (κ1) is 20.3. The molecule has 0 amide bonds. The Labute approximate surface area is 150 Å². The summed E-state index contributed by atoms with van der Waals surface area (Å²) in [6.45, 7) is 3.97. The normalized spacial score (nSPS) is 17.3. The molecule has 1 aromatic carbocycles. The van der Waals surface area contributed by atoms with Crippen molar-refractivity contribution in [3.63, 3.8) is 0 Å². The van der Waals surface area contributed by atoms with Gasteiger partial charge in [0.15, 0.2) is 4.90 Å². The number of nitrogens with zero attached hydrogens (tertiary/aromatic N) is 1. The second-order valence-electron chi connectivity index (χ2n) is 5.75. The number of hydrogen-bond acceptors (Lipinski definition) is 5. The molecule has 0 aliphatic carbocycles. The molecule has 0 aromatic heterocycles. The predicted molar refractivity (Wildman–Crippen MR) is 93.4 cm³/mol. The highest BCUT2D eigenvalue weighted by molar-refractivity contribution is 9.10. The van der Waals surface area contributed by atoms with E-state index in [1.165, 1.54) is 18.2 Å². The number of benzene rings is 1. The molecule has 1 aliphatic rings. The zero-order chi connectivity index (χ0) is 16.4. The molecule has 130 valence electrons. The van der Waals surface area contributed by atoms with E-state index in [1.807, 2.05) is 6.92 Å². The molecule has 2 N–H and O–H groups in total. The third kappa shape index (κ3) is 5.12. The molecule has 7 nitrogen and oxygen atoms in total. The third-order valence-corrected chi connectivity index (χ3v) is 5.83. The Morgan fingerprint density at radius 3 is 2.57 bits per heavy atom. The Balaban J connectivity index is 0.00000264. The van der Waals surface area contributed by atoms with Crippen molar-refractivity contribution in [1.82, 2.24) is 10.0 Å². The summed E-state index contributed by atoms with van der Waals surface area (Å²) in [6.07, 6.45) is 1.71. The lowest BCUT2D eigenvalue weighted by atomic mass is 9.81. The summed E-state index contributed by atoms with van der Waals surface area (Å²) >= 11 is 3.15. The van der Waals surface area contributed by atoms with Crippen LogP contribution in [-0.2, 0) is 10.0 Å². The second-order valence-corrected chi connectivity index (χ2v) is 8.41. The van der Waals surface area contributed by atoms with Crippen molar-refractivity contribution in [3.05, 3.63) is 32.8 Å². The molecule has 1 saturated heterocycles. The van der Waals surface area contributed by atoms with E-state index in [2.05, 4.69) is 26.0 Å². The van der Waals surface area contributed by atoms with Gasteiger partial charge in [-0.3, -0.25) is 10.1 Å². The monoisotopic (exact) mass is 427 g/mol. The molecule has 23 heavy (non-hydrogen) atoms. The van der Waals surface area contributed by atoms with Crippen molar-refractivity contribution in [3.8, 4) is 0 Å². The van der Waals surface area contributed by atoms with Crippen molar-refractivity contribution in [2.45, 2.75) is 24.7 Å². The molecule has 0 saturated carbocycles. The number of sulfonamides is 1. The van der Waals surface area contributed by atoms with Crippen LogP contribution in [0.15, 0.2) is 27.6 Å². The van der Waals surface area contributed by atoms with Crippen LogP contribution < -0.4 is 10.0 Å². The highest BCUT2D eigenvalue weighted by atomic mass is 79.9. The molecule has 0 unspecified atom stereocenters. The number of rotatable bonds is 5. The van der Waals surface area contributed by atoms with Gasteiger partial charge in [-0.1, -0.05) is 22.9 Å². The van der Waals surface area contributed by atoms with Crippen molar-refractivity contribution < 1.29 is 13.3 Å². The fraction of sp³-hybridized carbons (Fsp3) is 0.538. The summed E-state index contributed by atoms with van der Waals surface area (Å²) in [7, 11) is -3.94. The summed E-state index contributed by atoms with van der Waals surface area (Å²) in [5.41, 5.74) is -0.565. The van der Waals surface area contributed by atoms with E-state index < -0.39 is 20.6 Å². The molecule has 0 radical (unpaired) electrons. The zero-order valence-electron chi connectivity index (χ0n) is 12.5. The fourth-order valence-corrected chi connectivity index (χ4v) is 4.31. The van der Waals surface area contributed by atoms with Crippen LogP contribution in [0.25, 0.3) is 0 Å². The lowest BCUT2D eigenvalue weighted by Gasteiger charge is -2.34. The van der Waals surface area contributed by atoms with E-state index in [0.717, 1.165) is 25.9 Å². The average Bonchev–Trinajstić information content (AvgIpc) is 2.46. The lowest BCUT2D eigenvalue weighted by Crippen LogP contribution is -2.42. The topological polar surface area (TPSA) is 101 Å². The van der Waals surface area contributed by atoms with Gasteiger partial charge in [0.2, 0.25) is 10.0 Å². The molecule has 1 aliphatic heterocycles. The molecule has 0 spiro atoms. The van der Waals surface area contributed by atoms with E-state index in [9.17, 15) is 18.5 Å². The van der Waals surface area contributed by atoms with Gasteiger partial charge >= 0.3 is 0 Å². The minimum Gasteiger partial charge on any atom is -0.317 e. The van der Waals surface area contributed by atoms with Crippen LogP contribution in [0.1, 0.15) is 19.8 Å². The van der Waals surface area contributed by atoms with Crippen LogP contribution in [0.2, 0.25) is 0 Å². The van der Waals surface area contributed by atoms with E-state index in [1.54, 1.807) is 0 Å². The van der Waals surface area contributed by atoms with Gasteiger partial charge in [-0.15, -0.1) is 12.4 Å². The maximum Gasteiger partial charge on any atom is 0.289 e. The van der Waals surface area contributed by atoms with Crippen LogP contribution in [0.3, 0.4) is 0 Å². The minimum absolute atomic E-state index is 0. The van der Waals surface area contributed by atoms with Crippen LogP contribution in [-0.4, -0.2) is 33.0 Å². The Morgan fingerprint density at radius 2 is 2.00 bits per heavy atom. The Bertz CT molecular complexity index is 678. The number of nitrogens with one attached hydrogen (secondary N) is 2. The second kappa shape index (κ2) is 7.89. The van der Waals surface area contributed by atoms with Crippen LogP contribution >= 0.6 is 28.3 Å². The lowest BCUT2D eigenvalue weighted by molar-refractivity contribution is -0.387. The van der Waals surface area contributed by atoms with Crippen LogP contribution in [0.4, 0.5) is 5.69 Å². The van der Waals surface area contributed by atoms with Gasteiger partial charge < -0.3 is 5.32 Å². The van der Waals surface area contributed by atoms with Gasteiger partial charge in [-0.25, -0.2) is 13.1 Å². The Kier molecular flexibility index (Phi) is 6.96. The van der Waals surface area contributed by atoms with Gasteiger partial charge in [0.25, 0.3) is 5.69 Å². The van der Waals surface area contributed by atoms with Crippen molar-refractivity contribution in [1.29, 1.82) is 0 Å². The molecule has 1 aromatic rings. The quantitative estimate of drug-likeness (QED) is 0.554. The summed E-state index contributed by atoms with van der Waals surface area (Å²) in [4.78, 5) is 10.0. The molecule has 10 heteroatoms. The molecule has 1 heterocycles. The average molecular weight is 429 g/mol. The molecule has 1 fully saturated rings. The van der Waals surface area contributed by atoms with Crippen LogP contribution in [0, 0.1) is 15.5 Å². The molecular formula is C13H19BrClN3O4S. The highest BCUT2D eigenvalue weighted by Gasteiger charge is 2.31. The summed E-state index contributed by atoms with van der Waals surface area (Å²) in [5.74, 6) is 0. The van der Waals surface area contributed by atoms with E-state index >= 15 is 0 Å². The summed E-state index contributed by atoms with van der Waals surface area (Å²) in [6, 6.07) is 3.89. The van der Waals surface area contributed by atoms with Crippen LogP contribution in [0.5, 0.6) is 0 Å². The predicted octanol–water partition coefficient (Wildman–Crippen LogP) is 2.45. The van der Waals surface area contributed by atoms with E-state index in [-0.39, 0.29) is 29.3 Å². The third-order valence-electron chi connectivity index (χ3n) is 3.91. The van der Waals surface area contributed by atoms with Gasteiger partial charge in [-0.05, 0) is 43.5 Å². The maximum absolute atomic E-state index is 12.4. The molecule has 0 bridgehead atoms. The summed E-state index contributed by atoms with van der Waals surface area (Å²) < 4.78 is 27.9. The largest absolute Gasteiger partial charge is 0.317 e. The minimum atomic E-state index is -3.94. The number of nitro groups is 1. The van der Waals surface area contributed by atoms with Gasteiger partial charge in [0.05, 0.1) is 4.92 Å². The van der Waals surface area contributed by atoms with Gasteiger partial charge in [0.1, 0.15) is 0 Å². The highest BCUT2D eigenvalue weighted by Crippen LogP contribution is 2.30. The molecular weight excluding hydrogens is 410 g/mol. The maximum atomic E-state index is 12.4. The van der Waals surface area contributed by atoms with Crippen molar-refractivity contribution in [2.24, 2.45) is 5.41 Å². The van der Waals surface area contributed by atoms with Crippen molar-refractivity contribution >= 4 is 44.0 Å². The molecule has 2 rings (SSSR count). The number of piperidine rings is 1. The SMILES string of the molecule is CC1(CNS(=O)(=O)c2cc(Br)ccc2[N+](=O)[O-])CCNCC1.Cl. The van der Waals surface area contributed by atoms with Gasteiger partial charge in [0, 0.05) is 17.1 Å².